The van der Waals surface area contributed by atoms with Gasteiger partial charge in [-0.15, -0.1) is 0 Å². The van der Waals surface area contributed by atoms with Gasteiger partial charge in [0.2, 0.25) is 0 Å². The number of hydrogen-bond donors (Lipinski definition) is 0. The SMILES string of the molecule is CC(C)(C)C#Cc1ccccc1C(=O)/C=C(\C1CC1)[Si](C)(C)C. The Kier molecular flexibility index (Phi) is 5.01. The zero-order chi connectivity index (χ0) is 17.3. The number of benzene rings is 1. The van der Waals surface area contributed by atoms with E-state index in [-0.39, 0.29) is 11.2 Å². The number of carbonyl (C=O) groups excluding carboxylic acids is 1. The first-order valence-electron chi connectivity index (χ1n) is 8.46. The van der Waals surface area contributed by atoms with E-state index in [1.807, 2.05) is 30.3 Å². The summed E-state index contributed by atoms with van der Waals surface area (Å²) in [6.45, 7) is 13.2. The molecule has 0 spiro atoms. The fourth-order valence-corrected chi connectivity index (χ4v) is 4.70. The minimum atomic E-state index is -1.44. The van der Waals surface area contributed by atoms with Crippen molar-refractivity contribution in [3.8, 4) is 11.8 Å². The second kappa shape index (κ2) is 6.49. The van der Waals surface area contributed by atoms with Crippen LogP contribution >= 0.6 is 0 Å². The van der Waals surface area contributed by atoms with Gasteiger partial charge in [-0.25, -0.2) is 0 Å². The van der Waals surface area contributed by atoms with E-state index in [1.165, 1.54) is 18.0 Å². The summed E-state index contributed by atoms with van der Waals surface area (Å²) in [6, 6.07) is 7.73. The Hall–Kier alpha value is -1.59. The molecule has 0 aliphatic heterocycles. The second-order valence-electron chi connectivity index (χ2n) is 8.53. The molecule has 1 aliphatic rings. The minimum absolute atomic E-state index is 0.0660. The van der Waals surface area contributed by atoms with E-state index >= 15 is 0 Å². The molecule has 1 saturated carbocycles. The Morgan fingerprint density at radius 1 is 1.17 bits per heavy atom. The number of allylic oxidation sites excluding steroid dienone is 2. The largest absolute Gasteiger partial charge is 0.289 e. The molecule has 2 rings (SSSR count). The van der Waals surface area contributed by atoms with Crippen LogP contribution in [0.4, 0.5) is 0 Å². The lowest BCUT2D eigenvalue weighted by Crippen LogP contribution is -2.26. The highest BCUT2D eigenvalue weighted by Crippen LogP contribution is 2.41. The maximum atomic E-state index is 12.9. The van der Waals surface area contributed by atoms with Gasteiger partial charge in [0.1, 0.15) is 0 Å². The Morgan fingerprint density at radius 2 is 1.78 bits per heavy atom. The molecule has 0 heterocycles. The Bertz CT molecular complexity index is 683. The molecule has 0 amide bonds. The first-order chi connectivity index (χ1) is 10.6. The lowest BCUT2D eigenvalue weighted by atomic mass is 9.96. The molecule has 1 aliphatic carbocycles. The van der Waals surface area contributed by atoms with Crippen molar-refractivity contribution in [1.29, 1.82) is 0 Å². The van der Waals surface area contributed by atoms with Gasteiger partial charge in [-0.2, -0.15) is 0 Å². The van der Waals surface area contributed by atoms with Gasteiger partial charge in [-0.1, -0.05) is 48.8 Å². The molecule has 0 saturated heterocycles. The molecule has 1 nitrogen and oxygen atoms in total. The lowest BCUT2D eigenvalue weighted by Gasteiger charge is -2.20. The summed E-state index contributed by atoms with van der Waals surface area (Å²) >= 11 is 0. The van der Waals surface area contributed by atoms with Crippen LogP contribution < -0.4 is 0 Å². The highest BCUT2D eigenvalue weighted by atomic mass is 28.3. The molecular formula is C21H28OSi. The summed E-state index contributed by atoms with van der Waals surface area (Å²) in [4.78, 5) is 12.9. The summed E-state index contributed by atoms with van der Waals surface area (Å²) in [6.07, 6.45) is 4.42. The van der Waals surface area contributed by atoms with Crippen LogP contribution in [0.25, 0.3) is 0 Å². The fraction of sp³-hybridized carbons (Fsp3) is 0.476. The number of hydrogen-bond acceptors (Lipinski definition) is 1. The van der Waals surface area contributed by atoms with Crippen molar-refractivity contribution in [2.75, 3.05) is 0 Å². The Labute approximate surface area is 142 Å². The van der Waals surface area contributed by atoms with E-state index in [1.54, 1.807) is 0 Å². The highest BCUT2D eigenvalue weighted by Gasteiger charge is 2.34. The molecule has 122 valence electrons. The van der Waals surface area contributed by atoms with Crippen molar-refractivity contribution in [2.24, 2.45) is 11.3 Å². The summed E-state index contributed by atoms with van der Waals surface area (Å²) in [5.74, 6) is 7.21. The standard InChI is InChI=1S/C21H28OSi/c1-21(2,3)14-13-16-9-7-8-10-18(16)19(22)15-20(17-11-12-17)23(4,5)6/h7-10,15,17H,11-12H2,1-6H3/b20-15+. The zero-order valence-electron chi connectivity index (χ0n) is 15.3. The number of carbonyl (C=O) groups is 1. The Morgan fingerprint density at radius 3 is 2.30 bits per heavy atom. The summed E-state index contributed by atoms with van der Waals surface area (Å²) in [7, 11) is -1.44. The fourth-order valence-electron chi connectivity index (χ4n) is 2.62. The molecule has 0 unspecified atom stereocenters. The van der Waals surface area contributed by atoms with Crippen LogP contribution in [0.2, 0.25) is 19.6 Å². The van der Waals surface area contributed by atoms with E-state index in [4.69, 9.17) is 0 Å². The van der Waals surface area contributed by atoms with Gasteiger partial charge < -0.3 is 0 Å². The lowest BCUT2D eigenvalue weighted by molar-refractivity contribution is 0.104. The third-order valence-corrected chi connectivity index (χ3v) is 6.22. The van der Waals surface area contributed by atoms with Gasteiger partial charge in [0, 0.05) is 16.5 Å². The van der Waals surface area contributed by atoms with Gasteiger partial charge in [-0.3, -0.25) is 4.79 Å². The molecule has 0 N–H and O–H groups in total. The first kappa shape index (κ1) is 17.8. The summed E-state index contributed by atoms with van der Waals surface area (Å²) in [5.41, 5.74) is 1.51. The second-order valence-corrected chi connectivity index (χ2v) is 13.6. The zero-order valence-corrected chi connectivity index (χ0v) is 16.3. The van der Waals surface area contributed by atoms with E-state index in [9.17, 15) is 4.79 Å². The summed E-state index contributed by atoms with van der Waals surface area (Å²) < 4.78 is 0. The molecule has 0 radical (unpaired) electrons. The van der Waals surface area contributed by atoms with Crippen LogP contribution in [0.3, 0.4) is 0 Å². The molecule has 23 heavy (non-hydrogen) atoms. The molecule has 1 fully saturated rings. The maximum absolute atomic E-state index is 12.9. The van der Waals surface area contributed by atoms with Crippen LogP contribution in [0.1, 0.15) is 49.5 Å². The van der Waals surface area contributed by atoms with Crippen molar-refractivity contribution < 1.29 is 4.79 Å². The quantitative estimate of drug-likeness (QED) is 0.310. The Balaban J connectivity index is 2.38. The van der Waals surface area contributed by atoms with E-state index in [0.717, 1.165) is 11.1 Å². The molecule has 1 aromatic carbocycles. The smallest absolute Gasteiger partial charge is 0.186 e. The number of rotatable bonds is 4. The third-order valence-electron chi connectivity index (χ3n) is 3.93. The van der Waals surface area contributed by atoms with Crippen LogP contribution in [0.15, 0.2) is 35.5 Å². The average molecular weight is 325 g/mol. The van der Waals surface area contributed by atoms with Crippen molar-refractivity contribution in [2.45, 2.75) is 53.3 Å². The molecule has 0 bridgehead atoms. The first-order valence-corrected chi connectivity index (χ1v) is 12.0. The van der Waals surface area contributed by atoms with E-state index in [0.29, 0.717) is 5.92 Å². The molecular weight excluding hydrogens is 296 g/mol. The topological polar surface area (TPSA) is 17.1 Å². The maximum Gasteiger partial charge on any atom is 0.186 e. The summed E-state index contributed by atoms with van der Waals surface area (Å²) in [5, 5.41) is 1.42. The van der Waals surface area contributed by atoms with Gasteiger partial charge >= 0.3 is 0 Å². The molecule has 1 aromatic rings. The van der Waals surface area contributed by atoms with Crippen LogP contribution in [-0.4, -0.2) is 13.9 Å². The van der Waals surface area contributed by atoms with Gasteiger partial charge in [0.05, 0.1) is 8.07 Å². The van der Waals surface area contributed by atoms with Gasteiger partial charge in [0.25, 0.3) is 0 Å². The highest BCUT2D eigenvalue weighted by molar-refractivity contribution is 6.83. The van der Waals surface area contributed by atoms with Gasteiger partial charge in [0.15, 0.2) is 5.78 Å². The number of ketones is 1. The van der Waals surface area contributed by atoms with Crippen LogP contribution in [0.5, 0.6) is 0 Å². The van der Waals surface area contributed by atoms with E-state index < -0.39 is 8.07 Å². The average Bonchev–Trinajstić information content (AvgIpc) is 3.25. The van der Waals surface area contributed by atoms with Crippen LogP contribution in [-0.2, 0) is 0 Å². The molecule has 0 aromatic heterocycles. The normalized spacial score (nSPS) is 15.8. The van der Waals surface area contributed by atoms with Crippen LogP contribution in [0, 0.1) is 23.2 Å². The third kappa shape index (κ3) is 5.22. The monoisotopic (exact) mass is 324 g/mol. The van der Waals surface area contributed by atoms with Crippen molar-refractivity contribution in [3.63, 3.8) is 0 Å². The minimum Gasteiger partial charge on any atom is -0.289 e. The predicted octanol–water partition coefficient (Wildman–Crippen LogP) is 5.48. The molecule has 2 heteroatoms. The van der Waals surface area contributed by atoms with E-state index in [2.05, 4.69) is 52.3 Å². The van der Waals surface area contributed by atoms with Gasteiger partial charge in [-0.05, 0) is 57.7 Å². The van der Waals surface area contributed by atoms with Crippen molar-refractivity contribution >= 4 is 13.9 Å². The predicted molar refractivity (Wildman–Crippen MR) is 101 cm³/mol. The van der Waals surface area contributed by atoms with Crippen molar-refractivity contribution in [1.82, 2.24) is 0 Å². The van der Waals surface area contributed by atoms with Crippen molar-refractivity contribution in [3.05, 3.63) is 46.7 Å². The molecule has 0 atom stereocenters.